The summed E-state index contributed by atoms with van der Waals surface area (Å²) in [4.78, 5) is 29.9. The summed E-state index contributed by atoms with van der Waals surface area (Å²) >= 11 is 0. The Morgan fingerprint density at radius 2 is 1.85 bits per heavy atom. The van der Waals surface area contributed by atoms with Gasteiger partial charge in [-0.3, -0.25) is 10.2 Å². The summed E-state index contributed by atoms with van der Waals surface area (Å²) in [6, 6.07) is 8.00. The minimum atomic E-state index is -0.287. The average molecular weight is 373 g/mol. The Hall–Kier alpha value is -2.77. The van der Waals surface area contributed by atoms with Crippen LogP contribution < -0.4 is 10.6 Å². The molecule has 0 unspecified atom stereocenters. The van der Waals surface area contributed by atoms with Gasteiger partial charge in [-0.25, -0.2) is 4.79 Å². The van der Waals surface area contributed by atoms with Crippen LogP contribution in [0.25, 0.3) is 0 Å². The van der Waals surface area contributed by atoms with Crippen molar-refractivity contribution in [2.24, 2.45) is 5.73 Å². The van der Waals surface area contributed by atoms with Crippen LogP contribution in [0.15, 0.2) is 24.3 Å². The van der Waals surface area contributed by atoms with Gasteiger partial charge < -0.3 is 25.2 Å². The van der Waals surface area contributed by atoms with Crippen LogP contribution in [0.5, 0.6) is 0 Å². The van der Waals surface area contributed by atoms with Gasteiger partial charge in [0.2, 0.25) is 0 Å². The fourth-order valence-corrected chi connectivity index (χ4v) is 3.76. The van der Waals surface area contributed by atoms with E-state index in [0.717, 1.165) is 43.7 Å². The summed E-state index contributed by atoms with van der Waals surface area (Å²) in [5.41, 5.74) is 7.35. The van der Waals surface area contributed by atoms with Crippen LogP contribution in [0.2, 0.25) is 0 Å². The number of nitrogens with zero attached hydrogens (tertiary/aromatic N) is 3. The molecule has 1 aromatic carbocycles. The van der Waals surface area contributed by atoms with Crippen molar-refractivity contribution < 1.29 is 14.3 Å². The number of hydrogen-bond donors (Lipinski definition) is 2. The molecule has 3 rings (SSSR count). The zero-order valence-corrected chi connectivity index (χ0v) is 15.7. The molecule has 0 spiro atoms. The number of hydrogen-bond acceptors (Lipinski definition) is 5. The molecule has 0 saturated carbocycles. The lowest BCUT2D eigenvalue weighted by molar-refractivity contribution is -0.140. The predicted molar refractivity (Wildman–Crippen MR) is 103 cm³/mol. The minimum absolute atomic E-state index is 0.0307. The fourth-order valence-electron chi connectivity index (χ4n) is 3.76. The third-order valence-corrected chi connectivity index (χ3v) is 5.39. The number of benzene rings is 1. The summed E-state index contributed by atoms with van der Waals surface area (Å²) in [7, 11) is 1.36. The van der Waals surface area contributed by atoms with Gasteiger partial charge in [-0.1, -0.05) is 0 Å². The highest BCUT2D eigenvalue weighted by atomic mass is 16.5. The molecule has 0 aromatic heterocycles. The van der Waals surface area contributed by atoms with E-state index >= 15 is 0 Å². The first-order valence-electron chi connectivity index (χ1n) is 9.31. The van der Waals surface area contributed by atoms with Crippen LogP contribution in [-0.4, -0.2) is 73.5 Å². The molecular formula is C19H27N5O3. The molecular weight excluding hydrogens is 346 g/mol. The SMILES string of the molecule is COC(=O)CCN1CCN(C2CCN(c3ccc(C(=N)N)cc3)CC2)C1=O. The zero-order valence-electron chi connectivity index (χ0n) is 15.7. The Labute approximate surface area is 159 Å². The molecule has 0 bridgehead atoms. The van der Waals surface area contributed by atoms with Gasteiger partial charge in [0, 0.05) is 50.0 Å². The van der Waals surface area contributed by atoms with Crippen molar-refractivity contribution >= 4 is 23.5 Å². The van der Waals surface area contributed by atoms with Gasteiger partial charge >= 0.3 is 12.0 Å². The monoisotopic (exact) mass is 373 g/mol. The molecule has 2 heterocycles. The highest BCUT2D eigenvalue weighted by molar-refractivity contribution is 5.95. The molecule has 0 radical (unpaired) electrons. The summed E-state index contributed by atoms with van der Waals surface area (Å²) in [5, 5.41) is 7.47. The smallest absolute Gasteiger partial charge is 0.320 e. The fraction of sp³-hybridized carbons (Fsp3) is 0.526. The second-order valence-electron chi connectivity index (χ2n) is 6.97. The number of carbonyl (C=O) groups is 2. The van der Waals surface area contributed by atoms with E-state index in [1.807, 2.05) is 29.2 Å². The van der Waals surface area contributed by atoms with Gasteiger partial charge in [-0.05, 0) is 37.1 Å². The maximum absolute atomic E-state index is 12.6. The van der Waals surface area contributed by atoms with Crippen molar-refractivity contribution in [3.63, 3.8) is 0 Å². The quantitative estimate of drug-likeness (QED) is 0.444. The van der Waals surface area contributed by atoms with Crippen LogP contribution in [-0.2, 0) is 9.53 Å². The number of methoxy groups -OCH3 is 1. The van der Waals surface area contributed by atoms with Crippen molar-refractivity contribution in [1.29, 1.82) is 5.41 Å². The van der Waals surface area contributed by atoms with Gasteiger partial charge in [-0.15, -0.1) is 0 Å². The van der Waals surface area contributed by atoms with E-state index in [1.165, 1.54) is 7.11 Å². The second kappa shape index (κ2) is 8.28. The Bertz CT molecular complexity index is 698. The maximum Gasteiger partial charge on any atom is 0.320 e. The number of nitrogens with two attached hydrogens (primary N) is 1. The summed E-state index contributed by atoms with van der Waals surface area (Å²) in [6.07, 6.45) is 2.08. The van der Waals surface area contributed by atoms with Gasteiger partial charge in [0.25, 0.3) is 0 Å². The zero-order chi connectivity index (χ0) is 19.4. The number of anilines is 1. The highest BCUT2D eigenvalue weighted by Crippen LogP contribution is 2.25. The van der Waals surface area contributed by atoms with E-state index in [0.29, 0.717) is 13.1 Å². The van der Waals surface area contributed by atoms with Crippen LogP contribution in [0.4, 0.5) is 10.5 Å². The van der Waals surface area contributed by atoms with Crippen molar-refractivity contribution in [2.75, 3.05) is 44.7 Å². The molecule has 2 aliphatic heterocycles. The van der Waals surface area contributed by atoms with Gasteiger partial charge in [-0.2, -0.15) is 0 Å². The molecule has 2 saturated heterocycles. The molecule has 146 valence electrons. The lowest BCUT2D eigenvalue weighted by Gasteiger charge is -2.37. The van der Waals surface area contributed by atoms with Crippen molar-refractivity contribution in [1.82, 2.24) is 9.80 Å². The number of amidine groups is 1. The minimum Gasteiger partial charge on any atom is -0.469 e. The van der Waals surface area contributed by atoms with Gasteiger partial charge in [0.15, 0.2) is 0 Å². The first kappa shape index (κ1) is 19.0. The predicted octanol–water partition coefficient (Wildman–Crippen LogP) is 1.24. The lowest BCUT2D eigenvalue weighted by atomic mass is 10.0. The number of nitrogen functional groups attached to an aromatic ring is 1. The van der Waals surface area contributed by atoms with Gasteiger partial charge in [0.1, 0.15) is 5.84 Å². The molecule has 2 aliphatic rings. The second-order valence-corrected chi connectivity index (χ2v) is 6.97. The van der Waals surface area contributed by atoms with Crippen LogP contribution in [0.1, 0.15) is 24.8 Å². The largest absolute Gasteiger partial charge is 0.469 e. The molecule has 1 aromatic rings. The van der Waals surface area contributed by atoms with E-state index < -0.39 is 0 Å². The van der Waals surface area contributed by atoms with E-state index in [2.05, 4.69) is 9.64 Å². The first-order chi connectivity index (χ1) is 13.0. The number of nitrogens with one attached hydrogen (secondary N) is 1. The van der Waals surface area contributed by atoms with Crippen LogP contribution in [0.3, 0.4) is 0 Å². The van der Waals surface area contributed by atoms with E-state index in [4.69, 9.17) is 11.1 Å². The number of amides is 2. The maximum atomic E-state index is 12.6. The summed E-state index contributed by atoms with van der Waals surface area (Å²) in [5.74, 6) is -0.213. The van der Waals surface area contributed by atoms with Crippen LogP contribution >= 0.6 is 0 Å². The van der Waals surface area contributed by atoms with E-state index in [-0.39, 0.29) is 30.3 Å². The first-order valence-corrected chi connectivity index (χ1v) is 9.31. The molecule has 3 N–H and O–H groups in total. The molecule has 8 heteroatoms. The van der Waals surface area contributed by atoms with E-state index in [1.54, 1.807) is 4.90 Å². The van der Waals surface area contributed by atoms with Crippen molar-refractivity contribution in [3.05, 3.63) is 29.8 Å². The number of esters is 1. The molecule has 2 fully saturated rings. The Balaban J connectivity index is 1.51. The summed E-state index contributed by atoms with van der Waals surface area (Å²) < 4.78 is 4.65. The average Bonchev–Trinajstić information content (AvgIpc) is 3.06. The number of rotatable bonds is 6. The third-order valence-electron chi connectivity index (χ3n) is 5.39. The van der Waals surface area contributed by atoms with E-state index in [9.17, 15) is 9.59 Å². The molecule has 8 nitrogen and oxygen atoms in total. The number of ether oxygens (including phenoxy) is 1. The standard InChI is InChI=1S/C19H27N5O3/c1-27-17(25)8-11-23-12-13-24(19(23)26)16-6-9-22(10-7-16)15-4-2-14(3-5-15)18(20)21/h2-5,16H,6-13H2,1H3,(H3,20,21). The van der Waals surface area contributed by atoms with Crippen molar-refractivity contribution in [3.8, 4) is 0 Å². The summed E-state index contributed by atoms with van der Waals surface area (Å²) in [6.45, 7) is 3.58. The topological polar surface area (TPSA) is 103 Å². The molecule has 2 amide bonds. The normalized spacial score (nSPS) is 18.1. The Morgan fingerprint density at radius 3 is 2.44 bits per heavy atom. The molecule has 0 aliphatic carbocycles. The molecule has 27 heavy (non-hydrogen) atoms. The van der Waals surface area contributed by atoms with Crippen molar-refractivity contribution in [2.45, 2.75) is 25.3 Å². The molecule has 0 atom stereocenters. The number of piperidine rings is 1. The van der Waals surface area contributed by atoms with Gasteiger partial charge in [0.05, 0.1) is 13.5 Å². The lowest BCUT2D eigenvalue weighted by Crippen LogP contribution is -2.46. The Kier molecular flexibility index (Phi) is 5.83. The number of carbonyl (C=O) groups excluding carboxylic acids is 2. The highest BCUT2D eigenvalue weighted by Gasteiger charge is 2.35. The number of urea groups is 1. The van der Waals surface area contributed by atoms with Crippen LogP contribution in [0, 0.1) is 5.41 Å². The Morgan fingerprint density at radius 1 is 1.19 bits per heavy atom. The third kappa shape index (κ3) is 4.32.